The van der Waals surface area contributed by atoms with Crippen LogP contribution >= 0.6 is 23.2 Å². The molecular formula is C10H10Cl2FN3O3S. The summed E-state index contributed by atoms with van der Waals surface area (Å²) in [7, 11) is -3.68. The summed E-state index contributed by atoms with van der Waals surface area (Å²) in [5.74, 6) is -1.97. The molecule has 1 saturated heterocycles. The van der Waals surface area contributed by atoms with Gasteiger partial charge in [0, 0.05) is 24.9 Å². The fraction of sp³-hybridized carbons (Fsp3) is 0.400. The Morgan fingerprint density at radius 2 is 2.10 bits per heavy atom. The van der Waals surface area contributed by atoms with Crippen LogP contribution in [0.2, 0.25) is 10.3 Å². The zero-order chi connectivity index (χ0) is 15.1. The number of nitrogens with zero attached hydrogens (tertiary/aromatic N) is 2. The van der Waals surface area contributed by atoms with Crippen LogP contribution < -0.4 is 10.0 Å². The van der Waals surface area contributed by atoms with E-state index < -0.39 is 26.9 Å². The number of aromatic nitrogens is 1. The highest BCUT2D eigenvalue weighted by Gasteiger charge is 2.34. The molecule has 0 spiro atoms. The molecule has 1 aliphatic rings. The van der Waals surface area contributed by atoms with Crippen LogP contribution in [0, 0.1) is 11.7 Å². The first kappa shape index (κ1) is 15.4. The third-order valence-corrected chi connectivity index (χ3v) is 4.31. The summed E-state index contributed by atoms with van der Waals surface area (Å²) < 4.78 is 35.5. The van der Waals surface area contributed by atoms with Gasteiger partial charge in [0.2, 0.25) is 15.9 Å². The maximum atomic E-state index is 13.4. The maximum Gasteiger partial charge on any atom is 0.227 e. The predicted molar refractivity (Wildman–Crippen MR) is 72.6 cm³/mol. The molecular weight excluding hydrogens is 332 g/mol. The van der Waals surface area contributed by atoms with E-state index in [0.717, 1.165) is 6.07 Å². The van der Waals surface area contributed by atoms with E-state index in [1.807, 2.05) is 0 Å². The van der Waals surface area contributed by atoms with Gasteiger partial charge in [-0.15, -0.1) is 0 Å². The van der Waals surface area contributed by atoms with Gasteiger partial charge in [0.25, 0.3) is 0 Å². The van der Waals surface area contributed by atoms with Crippen LogP contribution in [0.5, 0.6) is 0 Å². The molecule has 20 heavy (non-hydrogen) atoms. The first-order valence-electron chi connectivity index (χ1n) is 5.50. The van der Waals surface area contributed by atoms with E-state index in [2.05, 4.69) is 4.98 Å². The molecule has 1 fully saturated rings. The van der Waals surface area contributed by atoms with E-state index in [-0.39, 0.29) is 35.5 Å². The Kier molecular flexibility index (Phi) is 4.19. The number of hydrogen-bond donors (Lipinski definition) is 1. The van der Waals surface area contributed by atoms with Crippen molar-refractivity contribution in [3.63, 3.8) is 0 Å². The number of primary sulfonamides is 1. The van der Waals surface area contributed by atoms with Gasteiger partial charge in [0.05, 0.1) is 11.4 Å². The molecule has 2 heterocycles. The van der Waals surface area contributed by atoms with Gasteiger partial charge in [-0.25, -0.2) is 22.9 Å². The number of rotatable bonds is 3. The van der Waals surface area contributed by atoms with Crippen molar-refractivity contribution >= 4 is 44.8 Å². The number of pyridine rings is 1. The maximum absolute atomic E-state index is 13.4. The van der Waals surface area contributed by atoms with Crippen LogP contribution in [0.4, 0.5) is 10.1 Å². The lowest BCUT2D eigenvalue weighted by atomic mass is 10.1. The van der Waals surface area contributed by atoms with Crippen LogP contribution in [0.25, 0.3) is 0 Å². The lowest BCUT2D eigenvalue weighted by Gasteiger charge is -2.17. The number of carbonyl (C=O) groups is 1. The molecule has 1 aromatic rings. The minimum Gasteiger partial charge on any atom is -0.309 e. The molecule has 110 valence electrons. The quantitative estimate of drug-likeness (QED) is 0.835. The minimum absolute atomic E-state index is 0.00297. The van der Waals surface area contributed by atoms with E-state index in [4.69, 9.17) is 28.3 Å². The monoisotopic (exact) mass is 341 g/mol. The lowest BCUT2D eigenvalue weighted by Crippen LogP contribution is -2.28. The molecule has 2 N–H and O–H groups in total. The van der Waals surface area contributed by atoms with Gasteiger partial charge in [0.15, 0.2) is 16.1 Å². The fourth-order valence-corrected chi connectivity index (χ4v) is 3.38. The second-order valence-electron chi connectivity index (χ2n) is 4.47. The molecule has 1 unspecified atom stereocenters. The smallest absolute Gasteiger partial charge is 0.227 e. The van der Waals surface area contributed by atoms with Gasteiger partial charge in [-0.05, 0) is 0 Å². The molecule has 1 amide bonds. The summed E-state index contributed by atoms with van der Waals surface area (Å²) in [4.78, 5) is 16.6. The molecule has 0 aliphatic carbocycles. The Bertz CT molecular complexity index is 668. The largest absolute Gasteiger partial charge is 0.309 e. The van der Waals surface area contributed by atoms with Crippen LogP contribution in [0.1, 0.15) is 6.42 Å². The normalized spacial score (nSPS) is 19.7. The van der Waals surface area contributed by atoms with Crippen molar-refractivity contribution in [3.05, 3.63) is 22.2 Å². The van der Waals surface area contributed by atoms with E-state index >= 15 is 0 Å². The summed E-state index contributed by atoms with van der Waals surface area (Å²) in [5, 5.41) is 4.42. The van der Waals surface area contributed by atoms with Crippen LogP contribution in [0.15, 0.2) is 6.07 Å². The van der Waals surface area contributed by atoms with Crippen LogP contribution in [0.3, 0.4) is 0 Å². The minimum atomic E-state index is -3.68. The molecule has 0 aromatic carbocycles. The van der Waals surface area contributed by atoms with Gasteiger partial charge in [-0.3, -0.25) is 4.79 Å². The number of anilines is 1. The van der Waals surface area contributed by atoms with Crippen molar-refractivity contribution in [2.45, 2.75) is 6.42 Å². The van der Waals surface area contributed by atoms with Crippen molar-refractivity contribution in [1.82, 2.24) is 4.98 Å². The number of sulfonamides is 1. The Hall–Kier alpha value is -0.960. The molecule has 0 saturated carbocycles. The van der Waals surface area contributed by atoms with Crippen LogP contribution in [-0.2, 0) is 14.8 Å². The average Bonchev–Trinajstić information content (AvgIpc) is 2.62. The Balaban J connectivity index is 2.26. The standard InChI is InChI=1S/C10H10Cl2FN3O3S/c11-9-6(13)2-7(10(12)15-9)16-3-5(1-8(16)17)4-20(14,18)19/h2,5H,1,3-4H2,(H2,14,18,19). The van der Waals surface area contributed by atoms with Gasteiger partial charge >= 0.3 is 0 Å². The highest BCUT2D eigenvalue weighted by molar-refractivity contribution is 7.89. The topological polar surface area (TPSA) is 93.4 Å². The summed E-state index contributed by atoms with van der Waals surface area (Å²) >= 11 is 11.3. The Morgan fingerprint density at radius 1 is 1.45 bits per heavy atom. The molecule has 10 heteroatoms. The van der Waals surface area contributed by atoms with Crippen LogP contribution in [-0.4, -0.2) is 31.6 Å². The van der Waals surface area contributed by atoms with Gasteiger partial charge in [0.1, 0.15) is 0 Å². The molecule has 1 atom stereocenters. The highest BCUT2D eigenvalue weighted by atomic mass is 35.5. The summed E-state index contributed by atoms with van der Waals surface area (Å²) in [6.45, 7) is 0.0811. The van der Waals surface area contributed by atoms with E-state index in [9.17, 15) is 17.6 Å². The SMILES string of the molecule is NS(=O)(=O)CC1CC(=O)N(c2cc(F)c(Cl)nc2Cl)C1. The summed E-state index contributed by atoms with van der Waals surface area (Å²) in [5.41, 5.74) is 0.0653. The van der Waals surface area contributed by atoms with Crippen molar-refractivity contribution in [1.29, 1.82) is 0 Å². The van der Waals surface area contributed by atoms with Crippen molar-refractivity contribution in [2.24, 2.45) is 11.1 Å². The van der Waals surface area contributed by atoms with E-state index in [0.29, 0.717) is 0 Å². The number of nitrogens with two attached hydrogens (primary N) is 1. The summed E-state index contributed by atoms with van der Waals surface area (Å²) in [6, 6.07) is 0.995. The summed E-state index contributed by atoms with van der Waals surface area (Å²) in [6.07, 6.45) is -0.00297. The van der Waals surface area contributed by atoms with E-state index in [1.54, 1.807) is 0 Å². The zero-order valence-corrected chi connectivity index (χ0v) is 12.3. The number of halogens is 3. The average molecular weight is 342 g/mol. The van der Waals surface area contributed by atoms with Crippen molar-refractivity contribution in [3.8, 4) is 0 Å². The van der Waals surface area contributed by atoms with Gasteiger partial charge in [-0.1, -0.05) is 23.2 Å². The second kappa shape index (κ2) is 5.44. The molecule has 1 aromatic heterocycles. The molecule has 6 nitrogen and oxygen atoms in total. The van der Waals surface area contributed by atoms with E-state index in [1.165, 1.54) is 4.90 Å². The fourth-order valence-electron chi connectivity index (χ4n) is 2.08. The molecule has 0 radical (unpaired) electrons. The second-order valence-corrected chi connectivity index (χ2v) is 6.85. The molecule has 1 aliphatic heterocycles. The molecule has 2 rings (SSSR count). The number of carbonyl (C=O) groups excluding carboxylic acids is 1. The highest BCUT2D eigenvalue weighted by Crippen LogP contribution is 2.32. The Labute approximate surface area is 124 Å². The molecule has 0 bridgehead atoms. The van der Waals surface area contributed by atoms with Gasteiger partial charge < -0.3 is 4.90 Å². The first-order chi connectivity index (χ1) is 9.17. The zero-order valence-electron chi connectivity index (χ0n) is 10.0. The number of hydrogen-bond acceptors (Lipinski definition) is 4. The third-order valence-electron chi connectivity index (χ3n) is 2.83. The first-order valence-corrected chi connectivity index (χ1v) is 7.97. The van der Waals surface area contributed by atoms with Gasteiger partial charge in [-0.2, -0.15) is 0 Å². The Morgan fingerprint density at radius 3 is 2.70 bits per heavy atom. The lowest BCUT2D eigenvalue weighted by molar-refractivity contribution is -0.117. The van der Waals surface area contributed by atoms with Crippen molar-refractivity contribution < 1.29 is 17.6 Å². The predicted octanol–water partition coefficient (Wildman–Crippen LogP) is 1.17. The number of amides is 1. The third kappa shape index (κ3) is 3.38. The van der Waals surface area contributed by atoms with Crippen molar-refractivity contribution in [2.75, 3.05) is 17.2 Å².